The molecule has 0 fully saturated rings. The van der Waals surface area contributed by atoms with Gasteiger partial charge in [-0.15, -0.1) is 11.3 Å². The zero-order valence-corrected chi connectivity index (χ0v) is 12.3. The Balaban J connectivity index is 2.23. The summed E-state index contributed by atoms with van der Waals surface area (Å²) in [5.41, 5.74) is 0.685. The molecule has 0 aliphatic carbocycles. The molecule has 2 N–H and O–H groups in total. The molecule has 0 bridgehead atoms. The van der Waals surface area contributed by atoms with Crippen molar-refractivity contribution in [2.45, 2.75) is 39.3 Å². The molecular weight excluding hydrogens is 242 g/mol. The maximum atomic E-state index is 9.76. The van der Waals surface area contributed by atoms with E-state index in [0.29, 0.717) is 6.54 Å². The SMILES string of the molecule is Cc1c(C(C)NCC(C)(C)O)sc2ccccc12. The maximum absolute atomic E-state index is 9.76. The van der Waals surface area contributed by atoms with Crippen LogP contribution in [0.15, 0.2) is 24.3 Å². The molecule has 0 aliphatic rings. The molecule has 18 heavy (non-hydrogen) atoms. The minimum absolute atomic E-state index is 0.272. The highest BCUT2D eigenvalue weighted by molar-refractivity contribution is 7.19. The monoisotopic (exact) mass is 263 g/mol. The lowest BCUT2D eigenvalue weighted by Crippen LogP contribution is -2.35. The van der Waals surface area contributed by atoms with Crippen molar-refractivity contribution in [1.82, 2.24) is 5.32 Å². The van der Waals surface area contributed by atoms with Crippen LogP contribution in [0.5, 0.6) is 0 Å². The summed E-state index contributed by atoms with van der Waals surface area (Å²) in [5, 5.41) is 14.5. The molecule has 1 heterocycles. The summed E-state index contributed by atoms with van der Waals surface area (Å²) in [5.74, 6) is 0. The molecule has 98 valence electrons. The van der Waals surface area contributed by atoms with Gasteiger partial charge < -0.3 is 10.4 Å². The molecular formula is C15H21NOS. The van der Waals surface area contributed by atoms with Gasteiger partial charge in [-0.25, -0.2) is 0 Å². The second-order valence-corrected chi connectivity index (χ2v) is 6.59. The van der Waals surface area contributed by atoms with Gasteiger partial charge in [-0.1, -0.05) is 18.2 Å². The molecule has 1 aromatic heterocycles. The highest BCUT2D eigenvalue weighted by Gasteiger charge is 2.17. The zero-order valence-electron chi connectivity index (χ0n) is 11.4. The third-order valence-electron chi connectivity index (χ3n) is 3.11. The molecule has 0 saturated carbocycles. The summed E-state index contributed by atoms with van der Waals surface area (Å²) >= 11 is 1.84. The topological polar surface area (TPSA) is 32.3 Å². The Labute approximate surface area is 113 Å². The predicted molar refractivity (Wildman–Crippen MR) is 79.3 cm³/mol. The van der Waals surface area contributed by atoms with Gasteiger partial charge in [0.2, 0.25) is 0 Å². The summed E-state index contributed by atoms with van der Waals surface area (Å²) in [7, 11) is 0. The van der Waals surface area contributed by atoms with Crippen LogP contribution in [0.25, 0.3) is 10.1 Å². The van der Waals surface area contributed by atoms with Crippen LogP contribution in [0.1, 0.15) is 37.3 Å². The first-order valence-electron chi connectivity index (χ1n) is 6.32. The van der Waals surface area contributed by atoms with Crippen LogP contribution in [-0.4, -0.2) is 17.3 Å². The van der Waals surface area contributed by atoms with Gasteiger partial charge in [0.25, 0.3) is 0 Å². The second-order valence-electron chi connectivity index (χ2n) is 5.50. The minimum atomic E-state index is -0.668. The quantitative estimate of drug-likeness (QED) is 0.883. The normalized spacial score (nSPS) is 14.1. The van der Waals surface area contributed by atoms with E-state index in [1.165, 1.54) is 20.5 Å². The van der Waals surface area contributed by atoms with E-state index in [4.69, 9.17) is 0 Å². The first-order chi connectivity index (χ1) is 8.38. The van der Waals surface area contributed by atoms with Gasteiger partial charge in [0.05, 0.1) is 5.60 Å². The number of hydrogen-bond donors (Lipinski definition) is 2. The zero-order chi connectivity index (χ0) is 13.3. The Bertz CT molecular complexity index is 539. The molecule has 2 rings (SSSR count). The standard InChI is InChI=1S/C15H21NOS/c1-10-12-7-5-6-8-13(12)18-14(10)11(2)16-9-15(3,4)17/h5-8,11,16-17H,9H2,1-4H3. The van der Waals surface area contributed by atoms with Gasteiger partial charge in [0.15, 0.2) is 0 Å². The van der Waals surface area contributed by atoms with Crippen LogP contribution in [0.4, 0.5) is 0 Å². The minimum Gasteiger partial charge on any atom is -0.389 e. The molecule has 0 aliphatic heterocycles. The van der Waals surface area contributed by atoms with Crippen LogP contribution in [-0.2, 0) is 0 Å². The van der Waals surface area contributed by atoms with Crippen LogP contribution >= 0.6 is 11.3 Å². The first kappa shape index (κ1) is 13.5. The highest BCUT2D eigenvalue weighted by atomic mass is 32.1. The summed E-state index contributed by atoms with van der Waals surface area (Å²) in [6, 6.07) is 8.78. The maximum Gasteiger partial charge on any atom is 0.0715 e. The molecule has 0 spiro atoms. The Morgan fingerprint density at radius 3 is 2.61 bits per heavy atom. The van der Waals surface area contributed by atoms with Crippen molar-refractivity contribution in [3.05, 3.63) is 34.7 Å². The molecule has 2 nitrogen and oxygen atoms in total. The number of aryl methyl sites for hydroxylation is 1. The van der Waals surface area contributed by atoms with Crippen molar-refractivity contribution in [1.29, 1.82) is 0 Å². The van der Waals surface area contributed by atoms with Crippen molar-refractivity contribution in [3.8, 4) is 0 Å². The van der Waals surface area contributed by atoms with Crippen molar-refractivity contribution in [2.75, 3.05) is 6.54 Å². The number of hydrogen-bond acceptors (Lipinski definition) is 3. The van der Waals surface area contributed by atoms with E-state index in [0.717, 1.165) is 0 Å². The lowest BCUT2D eigenvalue weighted by molar-refractivity contribution is 0.0771. The Morgan fingerprint density at radius 1 is 1.33 bits per heavy atom. The van der Waals surface area contributed by atoms with Crippen LogP contribution < -0.4 is 5.32 Å². The first-order valence-corrected chi connectivity index (χ1v) is 7.14. The molecule has 2 aromatic rings. The van der Waals surface area contributed by atoms with Crippen molar-refractivity contribution >= 4 is 21.4 Å². The largest absolute Gasteiger partial charge is 0.389 e. The van der Waals surface area contributed by atoms with E-state index in [1.54, 1.807) is 0 Å². The van der Waals surface area contributed by atoms with E-state index in [9.17, 15) is 5.11 Å². The predicted octanol–water partition coefficient (Wildman–Crippen LogP) is 3.63. The molecule has 1 aromatic carbocycles. The van der Waals surface area contributed by atoms with Crippen molar-refractivity contribution < 1.29 is 5.11 Å². The molecule has 1 unspecified atom stereocenters. The van der Waals surface area contributed by atoms with E-state index in [1.807, 2.05) is 25.2 Å². The number of fused-ring (bicyclic) bond motifs is 1. The third-order valence-corrected chi connectivity index (χ3v) is 4.57. The van der Waals surface area contributed by atoms with E-state index in [2.05, 4.69) is 43.4 Å². The Morgan fingerprint density at radius 2 is 2.00 bits per heavy atom. The van der Waals surface area contributed by atoms with Crippen LogP contribution in [0, 0.1) is 6.92 Å². The highest BCUT2D eigenvalue weighted by Crippen LogP contribution is 2.34. The molecule has 1 atom stereocenters. The summed E-state index contributed by atoms with van der Waals surface area (Å²) in [6.07, 6.45) is 0. The summed E-state index contributed by atoms with van der Waals surface area (Å²) in [6.45, 7) is 8.58. The fraction of sp³-hybridized carbons (Fsp3) is 0.467. The van der Waals surface area contributed by atoms with Gasteiger partial charge in [-0.05, 0) is 44.7 Å². The number of benzene rings is 1. The van der Waals surface area contributed by atoms with Gasteiger partial charge in [-0.3, -0.25) is 0 Å². The lowest BCUT2D eigenvalue weighted by Gasteiger charge is -2.21. The Kier molecular flexibility index (Phi) is 3.76. The van der Waals surface area contributed by atoms with Gasteiger partial charge in [0, 0.05) is 22.2 Å². The van der Waals surface area contributed by atoms with Gasteiger partial charge in [-0.2, -0.15) is 0 Å². The summed E-state index contributed by atoms with van der Waals surface area (Å²) < 4.78 is 1.34. The van der Waals surface area contributed by atoms with Crippen LogP contribution in [0.2, 0.25) is 0 Å². The average Bonchev–Trinajstić information content (AvgIpc) is 2.64. The molecule has 0 saturated heterocycles. The molecule has 3 heteroatoms. The van der Waals surface area contributed by atoms with E-state index in [-0.39, 0.29) is 6.04 Å². The van der Waals surface area contributed by atoms with Gasteiger partial charge >= 0.3 is 0 Å². The molecule has 0 amide bonds. The number of rotatable bonds is 4. The number of aliphatic hydroxyl groups is 1. The summed E-state index contributed by atoms with van der Waals surface area (Å²) in [4.78, 5) is 1.36. The van der Waals surface area contributed by atoms with Crippen LogP contribution in [0.3, 0.4) is 0 Å². The number of thiophene rings is 1. The average molecular weight is 263 g/mol. The Hall–Kier alpha value is -0.900. The fourth-order valence-corrected chi connectivity index (χ4v) is 3.34. The number of nitrogens with one attached hydrogen (secondary N) is 1. The van der Waals surface area contributed by atoms with Gasteiger partial charge in [0.1, 0.15) is 0 Å². The van der Waals surface area contributed by atoms with Crippen molar-refractivity contribution in [2.24, 2.45) is 0 Å². The molecule has 0 radical (unpaired) electrons. The second kappa shape index (κ2) is 5.00. The smallest absolute Gasteiger partial charge is 0.0715 e. The fourth-order valence-electron chi connectivity index (χ4n) is 2.10. The van der Waals surface area contributed by atoms with E-state index >= 15 is 0 Å². The van der Waals surface area contributed by atoms with E-state index < -0.39 is 5.60 Å². The van der Waals surface area contributed by atoms with Crippen molar-refractivity contribution in [3.63, 3.8) is 0 Å². The third kappa shape index (κ3) is 2.91. The lowest BCUT2D eigenvalue weighted by atomic mass is 10.1.